The highest BCUT2D eigenvalue weighted by Crippen LogP contribution is 2.29. The molecule has 0 amide bonds. The molecule has 94 valence electrons. The lowest BCUT2D eigenvalue weighted by Crippen LogP contribution is -2.37. The highest BCUT2D eigenvalue weighted by Gasteiger charge is 2.31. The molecule has 0 bridgehead atoms. The number of hydrogen-bond acceptors (Lipinski definition) is 3. The Kier molecular flexibility index (Phi) is 4.78. The molecular weight excluding hydrogens is 204 g/mol. The lowest BCUT2D eigenvalue weighted by molar-refractivity contribution is -0.220. The summed E-state index contributed by atoms with van der Waals surface area (Å²) in [5.74, 6) is -0.268. The third-order valence-corrected chi connectivity index (χ3v) is 2.85. The van der Waals surface area contributed by atoms with E-state index in [4.69, 9.17) is 9.47 Å². The number of carbonyl (C=O) groups is 1. The monoisotopic (exact) mass is 228 g/mol. The van der Waals surface area contributed by atoms with Gasteiger partial charge in [-0.1, -0.05) is 40.0 Å². The third kappa shape index (κ3) is 4.52. The van der Waals surface area contributed by atoms with Crippen molar-refractivity contribution in [2.45, 2.75) is 72.2 Å². The van der Waals surface area contributed by atoms with Gasteiger partial charge in [0.2, 0.25) is 6.29 Å². The molecule has 0 aromatic rings. The van der Waals surface area contributed by atoms with E-state index in [1.54, 1.807) is 0 Å². The smallest absolute Gasteiger partial charge is 0.304 e. The van der Waals surface area contributed by atoms with Crippen molar-refractivity contribution in [1.29, 1.82) is 0 Å². The summed E-state index contributed by atoms with van der Waals surface area (Å²) in [5.41, 5.74) is -0.164. The zero-order valence-corrected chi connectivity index (χ0v) is 10.9. The van der Waals surface area contributed by atoms with Crippen LogP contribution in [0.3, 0.4) is 0 Å². The van der Waals surface area contributed by atoms with Crippen molar-refractivity contribution >= 4 is 5.97 Å². The van der Waals surface area contributed by atoms with Gasteiger partial charge in [0.1, 0.15) is 0 Å². The van der Waals surface area contributed by atoms with Gasteiger partial charge in [-0.2, -0.15) is 0 Å². The van der Waals surface area contributed by atoms with E-state index < -0.39 is 6.29 Å². The number of hydrogen-bond donors (Lipinski definition) is 0. The molecule has 0 N–H and O–H groups in total. The van der Waals surface area contributed by atoms with Gasteiger partial charge in [-0.25, -0.2) is 0 Å². The molecule has 1 unspecified atom stereocenters. The number of ether oxygens (including phenoxy) is 2. The van der Waals surface area contributed by atoms with Crippen molar-refractivity contribution in [3.8, 4) is 0 Å². The van der Waals surface area contributed by atoms with Crippen LogP contribution >= 0.6 is 0 Å². The van der Waals surface area contributed by atoms with E-state index in [-0.39, 0.29) is 17.5 Å². The third-order valence-electron chi connectivity index (χ3n) is 2.85. The van der Waals surface area contributed by atoms with E-state index >= 15 is 0 Å². The van der Waals surface area contributed by atoms with Gasteiger partial charge in [-0.05, 0) is 12.8 Å². The summed E-state index contributed by atoms with van der Waals surface area (Å²) in [4.78, 5) is 11.0. The van der Waals surface area contributed by atoms with E-state index in [1.165, 1.54) is 26.2 Å². The zero-order valence-electron chi connectivity index (χ0n) is 10.9. The van der Waals surface area contributed by atoms with Crippen LogP contribution in [0, 0.1) is 5.41 Å². The number of carbonyl (C=O) groups excluding carboxylic acids is 1. The molecule has 3 nitrogen and oxygen atoms in total. The maximum Gasteiger partial charge on any atom is 0.304 e. The van der Waals surface area contributed by atoms with E-state index in [1.807, 2.05) is 20.8 Å². The van der Waals surface area contributed by atoms with Crippen LogP contribution in [-0.2, 0) is 14.3 Å². The first-order valence-electron chi connectivity index (χ1n) is 6.22. The molecule has 1 fully saturated rings. The summed E-state index contributed by atoms with van der Waals surface area (Å²) in [6, 6.07) is 0. The maximum atomic E-state index is 11.0. The molecule has 1 rings (SSSR count). The molecule has 1 aliphatic rings. The topological polar surface area (TPSA) is 35.5 Å². The highest BCUT2D eigenvalue weighted by molar-refractivity contribution is 5.66. The summed E-state index contributed by atoms with van der Waals surface area (Å²) in [7, 11) is 0. The standard InChI is InChI=1S/C13H24O3/c1-10(14)15-12(13(2,3)4)16-11-8-6-5-7-9-11/h11-12H,5-9H2,1-4H3. The average molecular weight is 228 g/mol. The minimum absolute atomic E-state index is 0.164. The Bertz CT molecular complexity index is 224. The predicted molar refractivity (Wildman–Crippen MR) is 63.0 cm³/mol. The molecule has 0 spiro atoms. The van der Waals surface area contributed by atoms with Crippen LogP contribution < -0.4 is 0 Å². The van der Waals surface area contributed by atoms with Gasteiger partial charge in [0, 0.05) is 12.3 Å². The SMILES string of the molecule is CC(=O)OC(OC1CCCCC1)C(C)(C)C. The molecule has 0 heterocycles. The van der Waals surface area contributed by atoms with Crippen LogP contribution in [-0.4, -0.2) is 18.4 Å². The molecule has 3 heteroatoms. The van der Waals surface area contributed by atoms with Crippen molar-refractivity contribution in [2.75, 3.05) is 0 Å². The fourth-order valence-electron chi connectivity index (χ4n) is 1.94. The Hall–Kier alpha value is -0.570. The van der Waals surface area contributed by atoms with E-state index in [0.717, 1.165) is 12.8 Å². The zero-order chi connectivity index (χ0) is 12.2. The summed E-state index contributed by atoms with van der Waals surface area (Å²) >= 11 is 0. The van der Waals surface area contributed by atoms with Gasteiger partial charge in [0.15, 0.2) is 0 Å². The van der Waals surface area contributed by atoms with E-state index in [9.17, 15) is 4.79 Å². The van der Waals surface area contributed by atoms with Crippen LogP contribution in [0.5, 0.6) is 0 Å². The second-order valence-electron chi connectivity index (χ2n) is 5.70. The molecule has 1 saturated carbocycles. The summed E-state index contributed by atoms with van der Waals surface area (Å²) in [6.07, 6.45) is 5.77. The molecule has 0 radical (unpaired) electrons. The van der Waals surface area contributed by atoms with Crippen molar-refractivity contribution in [1.82, 2.24) is 0 Å². The molecule has 0 aliphatic heterocycles. The maximum absolute atomic E-state index is 11.0. The van der Waals surface area contributed by atoms with E-state index in [2.05, 4.69) is 0 Å². The van der Waals surface area contributed by atoms with Crippen molar-refractivity contribution in [3.05, 3.63) is 0 Å². The number of rotatable bonds is 3. The van der Waals surface area contributed by atoms with Crippen LogP contribution in [0.1, 0.15) is 59.8 Å². The Morgan fingerprint density at radius 2 is 1.75 bits per heavy atom. The fraction of sp³-hybridized carbons (Fsp3) is 0.923. The Balaban J connectivity index is 2.51. The molecular formula is C13H24O3. The molecule has 16 heavy (non-hydrogen) atoms. The van der Waals surface area contributed by atoms with Crippen LogP contribution in [0.25, 0.3) is 0 Å². The molecule has 0 saturated heterocycles. The first-order chi connectivity index (χ1) is 7.39. The Morgan fingerprint density at radius 3 is 2.19 bits per heavy atom. The van der Waals surface area contributed by atoms with Gasteiger partial charge in [0.25, 0.3) is 0 Å². The Labute approximate surface area is 98.5 Å². The van der Waals surface area contributed by atoms with Gasteiger partial charge < -0.3 is 9.47 Å². The lowest BCUT2D eigenvalue weighted by Gasteiger charge is -2.34. The predicted octanol–water partition coefficient (Wildman–Crippen LogP) is 3.27. The summed E-state index contributed by atoms with van der Waals surface area (Å²) in [6.45, 7) is 7.53. The van der Waals surface area contributed by atoms with Crippen LogP contribution in [0.2, 0.25) is 0 Å². The summed E-state index contributed by atoms with van der Waals surface area (Å²) < 4.78 is 11.2. The van der Waals surface area contributed by atoms with Crippen molar-refractivity contribution < 1.29 is 14.3 Å². The lowest BCUT2D eigenvalue weighted by atomic mass is 9.94. The second kappa shape index (κ2) is 5.67. The normalized spacial score (nSPS) is 20.5. The van der Waals surface area contributed by atoms with Gasteiger partial charge >= 0.3 is 5.97 Å². The number of esters is 1. The van der Waals surface area contributed by atoms with Gasteiger partial charge in [-0.15, -0.1) is 0 Å². The van der Waals surface area contributed by atoms with Gasteiger partial charge in [-0.3, -0.25) is 4.79 Å². The van der Waals surface area contributed by atoms with Crippen molar-refractivity contribution in [3.63, 3.8) is 0 Å². The summed E-state index contributed by atoms with van der Waals surface area (Å²) in [5, 5.41) is 0. The van der Waals surface area contributed by atoms with E-state index in [0.29, 0.717) is 0 Å². The average Bonchev–Trinajstić information content (AvgIpc) is 2.16. The Morgan fingerprint density at radius 1 is 1.19 bits per heavy atom. The van der Waals surface area contributed by atoms with Crippen molar-refractivity contribution in [2.24, 2.45) is 5.41 Å². The fourth-order valence-corrected chi connectivity index (χ4v) is 1.94. The molecule has 0 aromatic carbocycles. The highest BCUT2D eigenvalue weighted by atomic mass is 16.7. The van der Waals surface area contributed by atoms with Gasteiger partial charge in [0.05, 0.1) is 6.10 Å². The molecule has 1 atom stereocenters. The van der Waals surface area contributed by atoms with Crippen LogP contribution in [0.4, 0.5) is 0 Å². The largest absolute Gasteiger partial charge is 0.435 e. The minimum atomic E-state index is -0.423. The minimum Gasteiger partial charge on any atom is -0.435 e. The first-order valence-corrected chi connectivity index (χ1v) is 6.22. The molecule has 1 aliphatic carbocycles. The quantitative estimate of drug-likeness (QED) is 0.549. The first kappa shape index (κ1) is 13.5. The van der Waals surface area contributed by atoms with Crippen LogP contribution in [0.15, 0.2) is 0 Å². The second-order valence-corrected chi connectivity index (χ2v) is 5.70. The molecule has 0 aromatic heterocycles.